The van der Waals surface area contributed by atoms with E-state index in [4.69, 9.17) is 0 Å². The van der Waals surface area contributed by atoms with Gasteiger partial charge in [0.25, 0.3) is 5.91 Å². The summed E-state index contributed by atoms with van der Waals surface area (Å²) in [5.41, 5.74) is 0.975. The van der Waals surface area contributed by atoms with Gasteiger partial charge in [-0.25, -0.2) is 9.69 Å². The Morgan fingerprint density at radius 2 is 1.80 bits per heavy atom. The number of hydrogen-bond donors (Lipinski definition) is 2. The van der Waals surface area contributed by atoms with Gasteiger partial charge < -0.3 is 15.5 Å². The number of imide groups is 1. The predicted molar refractivity (Wildman–Crippen MR) is 116 cm³/mol. The number of piperidine rings is 1. The minimum absolute atomic E-state index is 0.0743. The summed E-state index contributed by atoms with van der Waals surface area (Å²) < 4.78 is 0. The number of hydrogen-bond acceptors (Lipinski definition) is 4. The Bertz CT molecular complexity index is 818. The molecule has 1 saturated carbocycles. The lowest BCUT2D eigenvalue weighted by molar-refractivity contribution is -0.138. The Kier molecular flexibility index (Phi) is 5.71. The molecule has 7 nitrogen and oxygen atoms in total. The van der Waals surface area contributed by atoms with Gasteiger partial charge in [0.2, 0.25) is 5.91 Å². The fraction of sp³-hybridized carbons (Fsp3) is 0.609. The molecule has 2 aliphatic heterocycles. The molecule has 3 fully saturated rings. The average Bonchev–Trinajstić information content (AvgIpc) is 3.01. The molecule has 3 atom stereocenters. The zero-order valence-electron chi connectivity index (χ0n) is 17.9. The van der Waals surface area contributed by atoms with E-state index < -0.39 is 17.6 Å². The van der Waals surface area contributed by atoms with Crippen LogP contribution in [0.4, 0.5) is 16.2 Å². The summed E-state index contributed by atoms with van der Waals surface area (Å²) in [4.78, 5) is 42.1. The van der Waals surface area contributed by atoms with E-state index in [-0.39, 0.29) is 17.7 Å². The molecule has 1 aliphatic carbocycles. The van der Waals surface area contributed by atoms with Crippen molar-refractivity contribution in [3.05, 3.63) is 24.3 Å². The number of carbonyl (C=O) groups excluding carboxylic acids is 3. The molecule has 2 saturated heterocycles. The van der Waals surface area contributed by atoms with Crippen molar-refractivity contribution in [1.82, 2.24) is 10.2 Å². The number of anilines is 2. The average molecular weight is 413 g/mol. The lowest BCUT2D eigenvalue weighted by Gasteiger charge is -2.37. The fourth-order valence-corrected chi connectivity index (χ4v) is 5.09. The third-order valence-corrected chi connectivity index (χ3v) is 7.07. The van der Waals surface area contributed by atoms with Crippen LogP contribution in [0.5, 0.6) is 0 Å². The van der Waals surface area contributed by atoms with Crippen LogP contribution in [0.15, 0.2) is 24.3 Å². The molecule has 0 bridgehead atoms. The molecule has 7 heteroatoms. The summed E-state index contributed by atoms with van der Waals surface area (Å²) in [6.45, 7) is 5.75. The molecule has 2 heterocycles. The van der Waals surface area contributed by atoms with Gasteiger partial charge in [-0.05, 0) is 69.2 Å². The second-order valence-corrected chi connectivity index (χ2v) is 8.98. The van der Waals surface area contributed by atoms with Crippen molar-refractivity contribution >= 4 is 29.2 Å². The van der Waals surface area contributed by atoms with Gasteiger partial charge in [-0.3, -0.25) is 9.59 Å². The molecule has 0 unspecified atom stereocenters. The highest BCUT2D eigenvalue weighted by atomic mass is 16.2. The van der Waals surface area contributed by atoms with Crippen molar-refractivity contribution < 1.29 is 14.4 Å². The Morgan fingerprint density at radius 1 is 1.10 bits per heavy atom. The van der Waals surface area contributed by atoms with E-state index in [1.165, 1.54) is 19.3 Å². The van der Waals surface area contributed by atoms with Crippen molar-refractivity contribution in [2.24, 2.45) is 5.92 Å². The second kappa shape index (κ2) is 8.28. The van der Waals surface area contributed by atoms with Gasteiger partial charge in [-0.1, -0.05) is 19.8 Å². The van der Waals surface area contributed by atoms with E-state index in [0.717, 1.165) is 42.9 Å². The summed E-state index contributed by atoms with van der Waals surface area (Å²) in [7, 11) is 0. The van der Waals surface area contributed by atoms with Crippen LogP contribution in [0, 0.1) is 5.92 Å². The highest BCUT2D eigenvalue weighted by molar-refractivity contribution is 6.11. The van der Waals surface area contributed by atoms with Crippen LogP contribution in [0.1, 0.15) is 58.8 Å². The molecular formula is C23H32N4O3. The number of urea groups is 1. The topological polar surface area (TPSA) is 81.8 Å². The van der Waals surface area contributed by atoms with Crippen LogP contribution >= 0.6 is 0 Å². The first-order chi connectivity index (χ1) is 14.4. The van der Waals surface area contributed by atoms with E-state index in [1.807, 2.05) is 31.2 Å². The summed E-state index contributed by atoms with van der Waals surface area (Å²) in [5.74, 6) is -0.544. The molecule has 1 aromatic carbocycles. The predicted octanol–water partition coefficient (Wildman–Crippen LogP) is 3.50. The van der Waals surface area contributed by atoms with E-state index in [1.54, 1.807) is 6.92 Å². The normalized spacial score (nSPS) is 27.9. The third-order valence-electron chi connectivity index (χ3n) is 7.07. The van der Waals surface area contributed by atoms with Crippen LogP contribution in [-0.2, 0) is 9.59 Å². The molecule has 1 spiro atoms. The van der Waals surface area contributed by atoms with E-state index in [9.17, 15) is 14.4 Å². The molecule has 30 heavy (non-hydrogen) atoms. The van der Waals surface area contributed by atoms with Gasteiger partial charge >= 0.3 is 6.03 Å². The minimum atomic E-state index is -0.868. The van der Waals surface area contributed by atoms with Gasteiger partial charge in [-0.15, -0.1) is 0 Å². The Balaban J connectivity index is 1.42. The first kappa shape index (κ1) is 20.7. The lowest BCUT2D eigenvalue weighted by Crippen LogP contribution is -2.54. The van der Waals surface area contributed by atoms with Gasteiger partial charge in [0, 0.05) is 24.5 Å². The first-order valence-electron chi connectivity index (χ1n) is 11.2. The van der Waals surface area contributed by atoms with Crippen molar-refractivity contribution in [2.45, 2.75) is 70.4 Å². The molecule has 3 aliphatic rings. The maximum atomic E-state index is 13.2. The largest absolute Gasteiger partial charge is 0.372 e. The SMILES string of the molecule is C[C@@H](C(=O)Nc1ccc(N2CCCCC2)cc1)N1C(=O)N[C@@]2(CCCC[C@@H]2C)C1=O. The summed E-state index contributed by atoms with van der Waals surface area (Å²) in [6.07, 6.45) is 7.23. The van der Waals surface area contributed by atoms with Crippen LogP contribution in [0.3, 0.4) is 0 Å². The van der Waals surface area contributed by atoms with Crippen LogP contribution in [0.25, 0.3) is 0 Å². The molecule has 0 aromatic heterocycles. The quantitative estimate of drug-likeness (QED) is 0.742. The minimum Gasteiger partial charge on any atom is -0.372 e. The Morgan fingerprint density at radius 3 is 2.47 bits per heavy atom. The zero-order chi connectivity index (χ0) is 21.3. The molecule has 4 amide bonds. The molecule has 0 radical (unpaired) electrons. The van der Waals surface area contributed by atoms with E-state index in [0.29, 0.717) is 12.1 Å². The summed E-state index contributed by atoms with van der Waals surface area (Å²) in [6, 6.07) is 6.45. The summed E-state index contributed by atoms with van der Waals surface area (Å²) >= 11 is 0. The van der Waals surface area contributed by atoms with Gasteiger partial charge in [0.05, 0.1) is 0 Å². The van der Waals surface area contributed by atoms with Gasteiger partial charge in [0.1, 0.15) is 11.6 Å². The number of rotatable bonds is 4. The van der Waals surface area contributed by atoms with Crippen molar-refractivity contribution in [3.63, 3.8) is 0 Å². The van der Waals surface area contributed by atoms with Gasteiger partial charge in [0.15, 0.2) is 0 Å². The first-order valence-corrected chi connectivity index (χ1v) is 11.2. The Hall–Kier alpha value is -2.57. The van der Waals surface area contributed by atoms with Crippen LogP contribution < -0.4 is 15.5 Å². The summed E-state index contributed by atoms with van der Waals surface area (Å²) in [5, 5.41) is 5.78. The fourth-order valence-electron chi connectivity index (χ4n) is 5.09. The number of nitrogens with zero attached hydrogens (tertiary/aromatic N) is 2. The molecule has 2 N–H and O–H groups in total. The van der Waals surface area contributed by atoms with E-state index >= 15 is 0 Å². The van der Waals surface area contributed by atoms with Crippen LogP contribution in [-0.4, -0.2) is 47.4 Å². The Labute approximate surface area is 178 Å². The van der Waals surface area contributed by atoms with Crippen molar-refractivity contribution in [3.8, 4) is 0 Å². The third kappa shape index (κ3) is 3.66. The van der Waals surface area contributed by atoms with E-state index in [2.05, 4.69) is 15.5 Å². The highest BCUT2D eigenvalue weighted by Crippen LogP contribution is 2.38. The van der Waals surface area contributed by atoms with Crippen molar-refractivity contribution in [1.29, 1.82) is 0 Å². The molecular weight excluding hydrogens is 380 g/mol. The standard InChI is InChI=1S/C23H32N4O3/c1-16-8-4-5-13-23(16)21(29)27(22(30)25-23)17(2)20(28)24-18-9-11-19(12-10-18)26-14-6-3-7-15-26/h9-12,16-17H,3-8,13-15H2,1-2H3,(H,24,28)(H,25,30)/t16-,17-,23+/m0/s1. The second-order valence-electron chi connectivity index (χ2n) is 8.98. The lowest BCUT2D eigenvalue weighted by atomic mass is 9.73. The monoisotopic (exact) mass is 412 g/mol. The number of benzene rings is 1. The maximum Gasteiger partial charge on any atom is 0.325 e. The maximum absolute atomic E-state index is 13.2. The van der Waals surface area contributed by atoms with Gasteiger partial charge in [-0.2, -0.15) is 0 Å². The smallest absolute Gasteiger partial charge is 0.325 e. The number of amides is 4. The highest BCUT2D eigenvalue weighted by Gasteiger charge is 2.56. The zero-order valence-corrected chi connectivity index (χ0v) is 17.9. The van der Waals surface area contributed by atoms with Crippen molar-refractivity contribution in [2.75, 3.05) is 23.3 Å². The molecule has 162 valence electrons. The molecule has 1 aromatic rings. The van der Waals surface area contributed by atoms with Crippen LogP contribution in [0.2, 0.25) is 0 Å². The number of nitrogens with one attached hydrogen (secondary N) is 2. The number of carbonyl (C=O) groups is 3. The molecule has 4 rings (SSSR count).